The number of benzene rings is 1. The van der Waals surface area contributed by atoms with Gasteiger partial charge in [0.15, 0.2) is 0 Å². The maximum Gasteiger partial charge on any atom is 0.408 e. The Morgan fingerprint density at radius 3 is 2.80 bits per heavy atom. The molecule has 1 heterocycles. The molecule has 0 saturated carbocycles. The number of nitrogens with zero attached hydrogens (tertiary/aromatic N) is 1. The molecule has 0 bridgehead atoms. The Morgan fingerprint density at radius 1 is 1.45 bits per heavy atom. The summed E-state index contributed by atoms with van der Waals surface area (Å²) in [6, 6.07) is 5.13. The molecule has 5 nitrogen and oxygen atoms in total. The molecular formula is C14H18ClN3O2. The van der Waals surface area contributed by atoms with Crippen LogP contribution in [0.25, 0.3) is 11.0 Å². The van der Waals surface area contributed by atoms with E-state index in [-0.39, 0.29) is 6.04 Å². The first-order valence-corrected chi connectivity index (χ1v) is 6.77. The lowest BCUT2D eigenvalue weighted by molar-refractivity contribution is 0.0506. The van der Waals surface area contributed by atoms with E-state index in [4.69, 9.17) is 16.3 Å². The number of nitrogens with one attached hydrogen (secondary N) is 2. The Hall–Kier alpha value is -1.75. The molecule has 0 aliphatic rings. The van der Waals surface area contributed by atoms with Crippen molar-refractivity contribution in [1.29, 1.82) is 0 Å². The number of ether oxygens (including phenoxy) is 1. The molecule has 0 aliphatic carbocycles. The van der Waals surface area contributed by atoms with Crippen LogP contribution < -0.4 is 5.32 Å². The summed E-state index contributed by atoms with van der Waals surface area (Å²) in [5.74, 6) is 0.660. The number of carbonyl (C=O) groups is 1. The van der Waals surface area contributed by atoms with Crippen LogP contribution in [0.3, 0.4) is 0 Å². The third kappa shape index (κ3) is 3.63. The molecule has 0 radical (unpaired) electrons. The van der Waals surface area contributed by atoms with E-state index in [0.29, 0.717) is 10.8 Å². The Balaban J connectivity index is 2.11. The van der Waals surface area contributed by atoms with Crippen molar-refractivity contribution in [3.05, 3.63) is 29.0 Å². The molecule has 0 aliphatic heterocycles. The van der Waals surface area contributed by atoms with Gasteiger partial charge in [0.25, 0.3) is 0 Å². The van der Waals surface area contributed by atoms with Crippen molar-refractivity contribution in [3.63, 3.8) is 0 Å². The van der Waals surface area contributed by atoms with Crippen molar-refractivity contribution < 1.29 is 9.53 Å². The van der Waals surface area contributed by atoms with Gasteiger partial charge in [0.2, 0.25) is 0 Å². The molecule has 2 aromatic rings. The van der Waals surface area contributed by atoms with Gasteiger partial charge in [-0.05, 0) is 45.9 Å². The lowest BCUT2D eigenvalue weighted by Gasteiger charge is -2.21. The fourth-order valence-corrected chi connectivity index (χ4v) is 1.93. The summed E-state index contributed by atoms with van der Waals surface area (Å²) in [6.07, 6.45) is -0.469. The molecule has 0 saturated heterocycles. The smallest absolute Gasteiger partial charge is 0.408 e. The lowest BCUT2D eigenvalue weighted by atomic mass is 10.2. The zero-order valence-electron chi connectivity index (χ0n) is 12.0. The van der Waals surface area contributed by atoms with E-state index < -0.39 is 11.7 Å². The number of aromatic amines is 1. The molecule has 0 spiro atoms. The number of rotatable bonds is 2. The molecule has 1 atom stereocenters. The van der Waals surface area contributed by atoms with Gasteiger partial charge in [-0.15, -0.1) is 0 Å². The maximum atomic E-state index is 11.7. The van der Waals surface area contributed by atoms with Gasteiger partial charge in [-0.25, -0.2) is 9.78 Å². The van der Waals surface area contributed by atoms with Crippen LogP contribution in [-0.2, 0) is 4.74 Å². The SMILES string of the molecule is CC(NC(=O)OC(C)(C)C)c1nc2ccc(Cl)cc2[nH]1. The predicted molar refractivity (Wildman–Crippen MR) is 78.9 cm³/mol. The molecule has 108 valence electrons. The number of carbonyl (C=O) groups excluding carboxylic acids is 1. The third-order valence-corrected chi connectivity index (χ3v) is 2.84. The van der Waals surface area contributed by atoms with Crippen LogP contribution in [-0.4, -0.2) is 21.7 Å². The molecule has 20 heavy (non-hydrogen) atoms. The summed E-state index contributed by atoms with van der Waals surface area (Å²) in [5, 5.41) is 3.38. The van der Waals surface area contributed by atoms with E-state index in [2.05, 4.69) is 15.3 Å². The molecule has 1 aromatic heterocycles. The summed E-state index contributed by atoms with van der Waals surface area (Å²) >= 11 is 5.93. The molecule has 2 rings (SSSR count). The summed E-state index contributed by atoms with van der Waals surface area (Å²) in [4.78, 5) is 19.3. The summed E-state index contributed by atoms with van der Waals surface area (Å²) in [7, 11) is 0. The summed E-state index contributed by atoms with van der Waals surface area (Å²) in [6.45, 7) is 7.30. The highest BCUT2D eigenvalue weighted by atomic mass is 35.5. The van der Waals surface area contributed by atoms with Crippen LogP contribution in [0.2, 0.25) is 5.02 Å². The van der Waals surface area contributed by atoms with Crippen molar-refractivity contribution in [2.24, 2.45) is 0 Å². The maximum absolute atomic E-state index is 11.7. The highest BCUT2D eigenvalue weighted by molar-refractivity contribution is 6.31. The van der Waals surface area contributed by atoms with Gasteiger partial charge in [-0.3, -0.25) is 0 Å². The van der Waals surface area contributed by atoms with E-state index in [1.54, 1.807) is 12.1 Å². The Labute approximate surface area is 122 Å². The first-order chi connectivity index (χ1) is 9.24. The second-order valence-corrected chi connectivity index (χ2v) is 6.09. The summed E-state index contributed by atoms with van der Waals surface area (Å²) in [5.41, 5.74) is 1.12. The number of imidazole rings is 1. The second-order valence-electron chi connectivity index (χ2n) is 5.65. The van der Waals surface area contributed by atoms with Crippen LogP contribution >= 0.6 is 11.6 Å². The van der Waals surface area contributed by atoms with Gasteiger partial charge in [-0.1, -0.05) is 11.6 Å². The first kappa shape index (κ1) is 14.7. The number of hydrogen-bond acceptors (Lipinski definition) is 3. The number of alkyl carbamates (subject to hydrolysis) is 1. The average Bonchev–Trinajstić information content (AvgIpc) is 2.68. The van der Waals surface area contributed by atoms with Crippen molar-refractivity contribution >= 4 is 28.7 Å². The standard InChI is InChI=1S/C14H18ClN3O2/c1-8(16-13(19)20-14(2,3)4)12-17-10-6-5-9(15)7-11(10)18-12/h5-8H,1-4H3,(H,16,19)(H,17,18). The molecule has 1 unspecified atom stereocenters. The van der Waals surface area contributed by atoms with E-state index in [9.17, 15) is 4.79 Å². The van der Waals surface area contributed by atoms with Crippen molar-refractivity contribution in [2.45, 2.75) is 39.3 Å². The number of aromatic nitrogens is 2. The topological polar surface area (TPSA) is 67.0 Å². The largest absolute Gasteiger partial charge is 0.444 e. The average molecular weight is 296 g/mol. The van der Waals surface area contributed by atoms with Crippen LogP contribution in [0.1, 0.15) is 39.6 Å². The molecular weight excluding hydrogens is 278 g/mol. The number of hydrogen-bond donors (Lipinski definition) is 2. The zero-order valence-corrected chi connectivity index (χ0v) is 12.7. The molecule has 6 heteroatoms. The molecule has 1 aromatic carbocycles. The lowest BCUT2D eigenvalue weighted by Crippen LogP contribution is -2.34. The van der Waals surface area contributed by atoms with E-state index >= 15 is 0 Å². The van der Waals surface area contributed by atoms with Gasteiger partial charge in [0.05, 0.1) is 17.1 Å². The number of fused-ring (bicyclic) bond motifs is 1. The van der Waals surface area contributed by atoms with Crippen molar-refractivity contribution in [1.82, 2.24) is 15.3 Å². The van der Waals surface area contributed by atoms with Gasteiger partial charge >= 0.3 is 6.09 Å². The normalized spacial score (nSPS) is 13.2. The Kier molecular flexibility index (Phi) is 3.90. The summed E-state index contributed by atoms with van der Waals surface area (Å²) < 4.78 is 5.21. The van der Waals surface area contributed by atoms with Crippen LogP contribution in [0, 0.1) is 0 Å². The van der Waals surface area contributed by atoms with E-state index in [1.807, 2.05) is 33.8 Å². The minimum absolute atomic E-state index is 0.281. The Bertz CT molecular complexity index is 631. The zero-order chi connectivity index (χ0) is 14.9. The highest BCUT2D eigenvalue weighted by Crippen LogP contribution is 2.20. The van der Waals surface area contributed by atoms with Gasteiger partial charge in [-0.2, -0.15) is 0 Å². The monoisotopic (exact) mass is 295 g/mol. The quantitative estimate of drug-likeness (QED) is 0.885. The fourth-order valence-electron chi connectivity index (χ4n) is 1.76. The van der Waals surface area contributed by atoms with Gasteiger partial charge in [0, 0.05) is 5.02 Å². The Morgan fingerprint density at radius 2 is 2.15 bits per heavy atom. The van der Waals surface area contributed by atoms with Crippen molar-refractivity contribution in [3.8, 4) is 0 Å². The predicted octanol–water partition coefficient (Wildman–Crippen LogP) is 3.80. The molecule has 2 N–H and O–H groups in total. The first-order valence-electron chi connectivity index (χ1n) is 6.39. The van der Waals surface area contributed by atoms with Gasteiger partial charge in [0.1, 0.15) is 11.4 Å². The molecule has 1 amide bonds. The van der Waals surface area contributed by atoms with Crippen LogP contribution in [0.5, 0.6) is 0 Å². The van der Waals surface area contributed by atoms with Gasteiger partial charge < -0.3 is 15.0 Å². The van der Waals surface area contributed by atoms with Crippen LogP contribution in [0.4, 0.5) is 4.79 Å². The minimum Gasteiger partial charge on any atom is -0.444 e. The van der Waals surface area contributed by atoms with E-state index in [1.165, 1.54) is 0 Å². The number of H-pyrrole nitrogens is 1. The van der Waals surface area contributed by atoms with E-state index in [0.717, 1.165) is 11.0 Å². The van der Waals surface area contributed by atoms with Crippen LogP contribution in [0.15, 0.2) is 18.2 Å². The van der Waals surface area contributed by atoms with Crippen molar-refractivity contribution in [2.75, 3.05) is 0 Å². The fraction of sp³-hybridized carbons (Fsp3) is 0.429. The third-order valence-electron chi connectivity index (χ3n) is 2.61. The number of halogens is 1. The highest BCUT2D eigenvalue weighted by Gasteiger charge is 2.19. The number of amides is 1. The molecule has 0 fully saturated rings. The minimum atomic E-state index is -0.523. The second kappa shape index (κ2) is 5.32.